The van der Waals surface area contributed by atoms with Crippen molar-refractivity contribution >= 4 is 5.91 Å². The standard InChI is InChI=1S/C14H23N3O2/c1-4-11-9-16(7-6-13(11)18)14(19)12-8-10(3)15-17(12)5-2/h8,11,13,18H,4-7,9H2,1-3H3. The van der Waals surface area contributed by atoms with Gasteiger partial charge in [0.2, 0.25) is 0 Å². The lowest BCUT2D eigenvalue weighted by molar-refractivity contribution is 0.0222. The highest BCUT2D eigenvalue weighted by Gasteiger charge is 2.30. The van der Waals surface area contributed by atoms with E-state index in [1.54, 1.807) is 4.68 Å². The van der Waals surface area contributed by atoms with Crippen LogP contribution in [0.4, 0.5) is 0 Å². The lowest BCUT2D eigenvalue weighted by Crippen LogP contribution is -2.46. The number of piperidine rings is 1. The Morgan fingerprint density at radius 2 is 2.26 bits per heavy atom. The SMILES string of the molecule is CCC1CN(C(=O)c2cc(C)nn2CC)CCC1O. The summed E-state index contributed by atoms with van der Waals surface area (Å²) in [6.45, 7) is 7.91. The number of hydrogen-bond acceptors (Lipinski definition) is 3. The van der Waals surface area contributed by atoms with E-state index in [1.165, 1.54) is 0 Å². The Morgan fingerprint density at radius 1 is 1.53 bits per heavy atom. The third-order valence-electron chi connectivity index (χ3n) is 3.93. The highest BCUT2D eigenvalue weighted by Crippen LogP contribution is 2.21. The van der Waals surface area contributed by atoms with Crippen LogP contribution in [0.15, 0.2) is 6.07 Å². The number of carbonyl (C=O) groups is 1. The highest BCUT2D eigenvalue weighted by molar-refractivity contribution is 5.92. The van der Waals surface area contributed by atoms with E-state index in [4.69, 9.17) is 0 Å². The average Bonchev–Trinajstić information content (AvgIpc) is 2.79. The van der Waals surface area contributed by atoms with Crippen LogP contribution in [-0.2, 0) is 6.54 Å². The molecule has 0 bridgehead atoms. The number of aryl methyl sites for hydroxylation is 2. The van der Waals surface area contributed by atoms with Crippen LogP contribution >= 0.6 is 0 Å². The van der Waals surface area contributed by atoms with Gasteiger partial charge in [0.1, 0.15) is 5.69 Å². The zero-order chi connectivity index (χ0) is 14.0. The van der Waals surface area contributed by atoms with Gasteiger partial charge in [-0.3, -0.25) is 9.48 Å². The average molecular weight is 265 g/mol. The Balaban J connectivity index is 2.15. The minimum atomic E-state index is -0.271. The Labute approximate surface area is 114 Å². The van der Waals surface area contributed by atoms with Crippen LogP contribution in [0, 0.1) is 12.8 Å². The van der Waals surface area contributed by atoms with Crippen molar-refractivity contribution in [2.24, 2.45) is 5.92 Å². The molecule has 106 valence electrons. The number of aliphatic hydroxyl groups excluding tert-OH is 1. The maximum Gasteiger partial charge on any atom is 0.272 e. The third kappa shape index (κ3) is 2.81. The molecule has 1 N–H and O–H groups in total. The minimum Gasteiger partial charge on any atom is -0.393 e. The molecule has 1 aromatic rings. The summed E-state index contributed by atoms with van der Waals surface area (Å²) in [4.78, 5) is 14.4. The highest BCUT2D eigenvalue weighted by atomic mass is 16.3. The van der Waals surface area contributed by atoms with E-state index in [2.05, 4.69) is 12.0 Å². The number of aliphatic hydroxyl groups is 1. The van der Waals surface area contributed by atoms with Crippen LogP contribution in [0.5, 0.6) is 0 Å². The molecule has 0 spiro atoms. The van der Waals surface area contributed by atoms with Gasteiger partial charge >= 0.3 is 0 Å². The number of amides is 1. The van der Waals surface area contributed by atoms with E-state index in [0.717, 1.165) is 12.1 Å². The minimum absolute atomic E-state index is 0.0350. The molecule has 0 saturated carbocycles. The molecule has 0 aliphatic carbocycles. The zero-order valence-corrected chi connectivity index (χ0v) is 12.0. The van der Waals surface area contributed by atoms with E-state index >= 15 is 0 Å². The summed E-state index contributed by atoms with van der Waals surface area (Å²) < 4.78 is 1.75. The molecule has 1 aliphatic heterocycles. The fourth-order valence-corrected chi connectivity index (χ4v) is 2.73. The molecule has 1 fully saturated rings. The van der Waals surface area contributed by atoms with E-state index in [0.29, 0.717) is 31.7 Å². The monoisotopic (exact) mass is 265 g/mol. The Morgan fingerprint density at radius 3 is 2.89 bits per heavy atom. The van der Waals surface area contributed by atoms with Crippen molar-refractivity contribution in [3.63, 3.8) is 0 Å². The van der Waals surface area contributed by atoms with Gasteiger partial charge in [-0.2, -0.15) is 5.10 Å². The second kappa shape index (κ2) is 5.74. The molecule has 1 saturated heterocycles. The largest absolute Gasteiger partial charge is 0.393 e. The van der Waals surface area contributed by atoms with Crippen LogP contribution < -0.4 is 0 Å². The van der Waals surface area contributed by atoms with E-state index in [1.807, 2.05) is 24.8 Å². The summed E-state index contributed by atoms with van der Waals surface area (Å²) in [6, 6.07) is 1.85. The zero-order valence-electron chi connectivity index (χ0n) is 12.0. The first-order valence-corrected chi connectivity index (χ1v) is 7.08. The number of rotatable bonds is 3. The van der Waals surface area contributed by atoms with Gasteiger partial charge in [0.05, 0.1) is 11.8 Å². The summed E-state index contributed by atoms with van der Waals surface area (Å²) in [5, 5.41) is 14.2. The summed E-state index contributed by atoms with van der Waals surface area (Å²) in [5.74, 6) is 0.226. The first kappa shape index (κ1) is 14.1. The smallest absolute Gasteiger partial charge is 0.272 e. The summed E-state index contributed by atoms with van der Waals surface area (Å²) in [5.41, 5.74) is 1.53. The van der Waals surface area contributed by atoms with E-state index in [9.17, 15) is 9.90 Å². The molecule has 1 aromatic heterocycles. The molecule has 0 aromatic carbocycles. The molecule has 5 nitrogen and oxygen atoms in total. The van der Waals surface area contributed by atoms with Crippen LogP contribution in [0.1, 0.15) is 42.9 Å². The topological polar surface area (TPSA) is 58.4 Å². The number of likely N-dealkylation sites (tertiary alicyclic amines) is 1. The number of aromatic nitrogens is 2. The number of hydrogen-bond donors (Lipinski definition) is 1. The van der Waals surface area contributed by atoms with E-state index in [-0.39, 0.29) is 17.9 Å². The quantitative estimate of drug-likeness (QED) is 0.899. The Kier molecular flexibility index (Phi) is 4.24. The molecule has 0 radical (unpaired) electrons. The lowest BCUT2D eigenvalue weighted by atomic mass is 9.92. The van der Waals surface area contributed by atoms with Crippen molar-refractivity contribution in [3.8, 4) is 0 Å². The summed E-state index contributed by atoms with van der Waals surface area (Å²) >= 11 is 0. The van der Waals surface area contributed by atoms with Gasteiger partial charge in [-0.25, -0.2) is 0 Å². The molecule has 2 unspecified atom stereocenters. The summed E-state index contributed by atoms with van der Waals surface area (Å²) in [6.07, 6.45) is 1.30. The van der Waals surface area contributed by atoms with Crippen molar-refractivity contribution in [3.05, 3.63) is 17.5 Å². The number of nitrogens with zero attached hydrogens (tertiary/aromatic N) is 3. The van der Waals surface area contributed by atoms with Crippen LogP contribution in [0.25, 0.3) is 0 Å². The maximum absolute atomic E-state index is 12.5. The second-order valence-corrected chi connectivity index (χ2v) is 5.26. The molecule has 2 atom stereocenters. The molecular weight excluding hydrogens is 242 g/mol. The molecule has 2 heterocycles. The molecule has 19 heavy (non-hydrogen) atoms. The Bertz CT molecular complexity index is 456. The first-order valence-electron chi connectivity index (χ1n) is 7.08. The fraction of sp³-hybridized carbons (Fsp3) is 0.714. The molecular formula is C14H23N3O2. The predicted octanol–water partition coefficient (Wildman–Crippen LogP) is 1.44. The van der Waals surface area contributed by atoms with Gasteiger partial charge in [0, 0.05) is 25.6 Å². The van der Waals surface area contributed by atoms with Crippen molar-refractivity contribution in [2.75, 3.05) is 13.1 Å². The van der Waals surface area contributed by atoms with Gasteiger partial charge in [0.15, 0.2) is 0 Å². The lowest BCUT2D eigenvalue weighted by Gasteiger charge is -2.35. The van der Waals surface area contributed by atoms with Gasteiger partial charge in [-0.05, 0) is 32.8 Å². The van der Waals surface area contributed by atoms with Gasteiger partial charge in [-0.15, -0.1) is 0 Å². The van der Waals surface area contributed by atoms with Crippen molar-refractivity contribution < 1.29 is 9.90 Å². The van der Waals surface area contributed by atoms with E-state index < -0.39 is 0 Å². The molecule has 5 heteroatoms. The van der Waals surface area contributed by atoms with Gasteiger partial charge in [0.25, 0.3) is 5.91 Å². The second-order valence-electron chi connectivity index (χ2n) is 5.26. The predicted molar refractivity (Wildman–Crippen MR) is 72.9 cm³/mol. The van der Waals surface area contributed by atoms with Crippen LogP contribution in [0.2, 0.25) is 0 Å². The van der Waals surface area contributed by atoms with Crippen molar-refractivity contribution in [1.82, 2.24) is 14.7 Å². The third-order valence-corrected chi connectivity index (χ3v) is 3.93. The van der Waals surface area contributed by atoms with Crippen LogP contribution in [0.3, 0.4) is 0 Å². The summed E-state index contributed by atoms with van der Waals surface area (Å²) in [7, 11) is 0. The number of carbonyl (C=O) groups excluding carboxylic acids is 1. The van der Waals surface area contributed by atoms with Crippen molar-refractivity contribution in [1.29, 1.82) is 0 Å². The van der Waals surface area contributed by atoms with Crippen LogP contribution in [-0.4, -0.2) is 44.9 Å². The van der Waals surface area contributed by atoms with Crippen molar-refractivity contribution in [2.45, 2.75) is 46.3 Å². The molecule has 1 aliphatic rings. The molecule has 2 rings (SSSR count). The first-order chi connectivity index (χ1) is 9.06. The Hall–Kier alpha value is -1.36. The van der Waals surface area contributed by atoms with Gasteiger partial charge in [-0.1, -0.05) is 6.92 Å². The van der Waals surface area contributed by atoms with Gasteiger partial charge < -0.3 is 10.0 Å². The normalized spacial score (nSPS) is 23.7. The maximum atomic E-state index is 12.5. The molecule has 1 amide bonds. The fourth-order valence-electron chi connectivity index (χ4n) is 2.73.